The Morgan fingerprint density at radius 3 is 2.62 bits per heavy atom. The quantitative estimate of drug-likeness (QED) is 0.783. The lowest BCUT2D eigenvalue weighted by atomic mass is 9.65. The molecule has 1 amide bonds. The summed E-state index contributed by atoms with van der Waals surface area (Å²) in [5.74, 6) is 0.608. The fourth-order valence-electron chi connectivity index (χ4n) is 4.34. The smallest absolute Gasteiger partial charge is 0.333 e. The van der Waals surface area contributed by atoms with Crippen molar-refractivity contribution in [1.29, 1.82) is 0 Å². The highest BCUT2D eigenvalue weighted by Crippen LogP contribution is 2.42. The van der Waals surface area contributed by atoms with Crippen LogP contribution in [-0.4, -0.2) is 34.3 Å². The summed E-state index contributed by atoms with van der Waals surface area (Å²) in [6.45, 7) is 5.58. The molecule has 2 aliphatic rings. The van der Waals surface area contributed by atoms with Gasteiger partial charge in [-0.3, -0.25) is 9.48 Å². The van der Waals surface area contributed by atoms with Crippen molar-refractivity contribution in [1.82, 2.24) is 9.78 Å². The summed E-state index contributed by atoms with van der Waals surface area (Å²) >= 11 is 0. The van der Waals surface area contributed by atoms with E-state index in [9.17, 15) is 9.59 Å². The molecule has 1 heterocycles. The van der Waals surface area contributed by atoms with Crippen LogP contribution in [0.15, 0.2) is 12.4 Å². The molecule has 0 aliphatic heterocycles. The summed E-state index contributed by atoms with van der Waals surface area (Å²) in [4.78, 5) is 24.8. The highest BCUT2D eigenvalue weighted by molar-refractivity contribution is 5.92. The Labute approximate surface area is 154 Å². The molecule has 0 aromatic carbocycles. The molecule has 1 aromatic heterocycles. The van der Waals surface area contributed by atoms with Gasteiger partial charge in [0, 0.05) is 18.2 Å². The molecule has 2 unspecified atom stereocenters. The van der Waals surface area contributed by atoms with E-state index in [1.54, 1.807) is 33.2 Å². The summed E-state index contributed by atoms with van der Waals surface area (Å²) in [5, 5.41) is 7.20. The number of fused-ring (bicyclic) bond motifs is 2. The van der Waals surface area contributed by atoms with Crippen molar-refractivity contribution in [3.05, 3.63) is 12.4 Å². The maximum atomic E-state index is 12.7. The van der Waals surface area contributed by atoms with E-state index in [0.29, 0.717) is 24.1 Å². The number of amides is 1. The fourth-order valence-corrected chi connectivity index (χ4v) is 4.34. The maximum Gasteiger partial charge on any atom is 0.333 e. The van der Waals surface area contributed by atoms with Crippen molar-refractivity contribution in [2.45, 2.75) is 64.5 Å². The van der Waals surface area contributed by atoms with Crippen LogP contribution in [0.5, 0.6) is 0 Å². The van der Waals surface area contributed by atoms with E-state index in [4.69, 9.17) is 10.5 Å². The Bertz CT molecular complexity index is 655. The number of hydrogen-bond acceptors (Lipinski definition) is 5. The predicted molar refractivity (Wildman–Crippen MR) is 98.3 cm³/mol. The standard InChI is InChI=1S/C19H30N4O3/c1-4-26-18(25)19(2,3)23-11-15(10-21-23)22-17(24)14-8-12-6-5-7-13(9-14)16(12)20/h10-14,16H,4-9,20H2,1-3H3,(H,22,24). The zero-order chi connectivity index (χ0) is 18.9. The van der Waals surface area contributed by atoms with Crippen LogP contribution in [0.4, 0.5) is 5.69 Å². The van der Waals surface area contributed by atoms with Gasteiger partial charge in [0.25, 0.3) is 0 Å². The second-order valence-corrected chi connectivity index (χ2v) is 8.14. The number of rotatable bonds is 5. The van der Waals surface area contributed by atoms with E-state index in [0.717, 1.165) is 25.7 Å². The van der Waals surface area contributed by atoms with Crippen molar-refractivity contribution in [2.24, 2.45) is 23.5 Å². The number of anilines is 1. The van der Waals surface area contributed by atoms with Crippen molar-refractivity contribution in [2.75, 3.05) is 11.9 Å². The highest BCUT2D eigenvalue weighted by Gasteiger charge is 2.40. The molecule has 3 rings (SSSR count). The van der Waals surface area contributed by atoms with Gasteiger partial charge in [-0.25, -0.2) is 4.79 Å². The van der Waals surface area contributed by atoms with Crippen molar-refractivity contribution in [3.8, 4) is 0 Å². The minimum atomic E-state index is -0.923. The van der Waals surface area contributed by atoms with Crippen LogP contribution in [0.3, 0.4) is 0 Å². The molecule has 2 bridgehead atoms. The fraction of sp³-hybridized carbons (Fsp3) is 0.737. The van der Waals surface area contributed by atoms with Crippen molar-refractivity contribution in [3.63, 3.8) is 0 Å². The van der Waals surface area contributed by atoms with Crippen molar-refractivity contribution >= 4 is 17.6 Å². The van der Waals surface area contributed by atoms with Gasteiger partial charge in [0.15, 0.2) is 5.54 Å². The molecule has 2 atom stereocenters. The van der Waals surface area contributed by atoms with Crippen LogP contribution in [0.1, 0.15) is 52.9 Å². The number of carbonyl (C=O) groups excluding carboxylic acids is 2. The van der Waals surface area contributed by atoms with E-state index in [1.165, 1.54) is 11.1 Å². The summed E-state index contributed by atoms with van der Waals surface area (Å²) in [6.07, 6.45) is 8.49. The van der Waals surface area contributed by atoms with Crippen LogP contribution < -0.4 is 11.1 Å². The Morgan fingerprint density at radius 2 is 2.00 bits per heavy atom. The minimum Gasteiger partial charge on any atom is -0.464 e. The van der Waals surface area contributed by atoms with Crippen molar-refractivity contribution < 1.29 is 14.3 Å². The van der Waals surface area contributed by atoms with Crippen LogP contribution in [-0.2, 0) is 19.9 Å². The van der Waals surface area contributed by atoms with Gasteiger partial charge in [0.05, 0.1) is 18.5 Å². The third-order valence-electron chi connectivity index (χ3n) is 5.98. The molecule has 7 heteroatoms. The molecule has 2 saturated carbocycles. The molecule has 1 aromatic rings. The number of ether oxygens (including phenoxy) is 1. The van der Waals surface area contributed by atoms with Gasteiger partial charge in [-0.05, 0) is 58.3 Å². The van der Waals surface area contributed by atoms with Gasteiger partial charge >= 0.3 is 5.97 Å². The third kappa shape index (κ3) is 3.63. The molecule has 2 aliphatic carbocycles. The average molecular weight is 362 g/mol. The Balaban J connectivity index is 1.64. The van der Waals surface area contributed by atoms with Crippen LogP contribution in [0.25, 0.3) is 0 Å². The molecular formula is C19H30N4O3. The number of nitrogens with one attached hydrogen (secondary N) is 1. The van der Waals surface area contributed by atoms with Gasteiger partial charge in [-0.15, -0.1) is 0 Å². The molecule has 2 fully saturated rings. The van der Waals surface area contributed by atoms with E-state index in [1.807, 2.05) is 0 Å². The summed E-state index contributed by atoms with van der Waals surface area (Å²) in [5.41, 5.74) is 6.00. The van der Waals surface area contributed by atoms with Gasteiger partial charge in [0.1, 0.15) is 0 Å². The molecule has 7 nitrogen and oxygen atoms in total. The molecule has 0 saturated heterocycles. The minimum absolute atomic E-state index is 0.00603. The van der Waals surface area contributed by atoms with Gasteiger partial charge in [-0.1, -0.05) is 6.42 Å². The highest BCUT2D eigenvalue weighted by atomic mass is 16.5. The molecule has 144 valence electrons. The number of aromatic nitrogens is 2. The first-order valence-electron chi connectivity index (χ1n) is 9.61. The first-order chi connectivity index (χ1) is 12.3. The molecule has 26 heavy (non-hydrogen) atoms. The number of carbonyl (C=O) groups is 2. The first-order valence-corrected chi connectivity index (χ1v) is 9.61. The Hall–Kier alpha value is -1.89. The molecule has 3 N–H and O–H groups in total. The van der Waals surface area contributed by atoms with Gasteiger partial charge < -0.3 is 15.8 Å². The number of nitrogens with zero attached hydrogens (tertiary/aromatic N) is 2. The average Bonchev–Trinajstić information content (AvgIpc) is 3.04. The molecular weight excluding hydrogens is 332 g/mol. The number of esters is 1. The largest absolute Gasteiger partial charge is 0.464 e. The van der Waals surface area contributed by atoms with E-state index >= 15 is 0 Å². The van der Waals surface area contributed by atoms with E-state index < -0.39 is 5.54 Å². The van der Waals surface area contributed by atoms with Gasteiger partial charge in [0.2, 0.25) is 5.91 Å². The lowest BCUT2D eigenvalue weighted by molar-refractivity contribution is -0.152. The summed E-state index contributed by atoms with van der Waals surface area (Å²) in [6, 6.07) is 0.251. The van der Waals surface area contributed by atoms with E-state index in [2.05, 4.69) is 10.4 Å². The SMILES string of the molecule is CCOC(=O)C(C)(C)n1cc(NC(=O)C2CC3CCCC(C2)C3N)cn1. The Kier molecular flexibility index (Phi) is 5.37. The van der Waals surface area contributed by atoms with Crippen LogP contribution in [0.2, 0.25) is 0 Å². The second kappa shape index (κ2) is 7.39. The topological polar surface area (TPSA) is 99.2 Å². The normalized spacial score (nSPS) is 28.5. The second-order valence-electron chi connectivity index (χ2n) is 8.14. The summed E-state index contributed by atoms with van der Waals surface area (Å²) in [7, 11) is 0. The lowest BCUT2D eigenvalue weighted by Crippen LogP contribution is -2.48. The van der Waals surface area contributed by atoms with Crippen LogP contribution in [0, 0.1) is 17.8 Å². The number of hydrogen-bond donors (Lipinski definition) is 2. The number of nitrogens with two attached hydrogens (primary N) is 1. The predicted octanol–water partition coefficient (Wildman–Crippen LogP) is 2.27. The maximum absolute atomic E-state index is 12.7. The molecule has 0 radical (unpaired) electrons. The summed E-state index contributed by atoms with van der Waals surface area (Å²) < 4.78 is 6.63. The zero-order valence-corrected chi connectivity index (χ0v) is 15.9. The monoisotopic (exact) mass is 362 g/mol. The third-order valence-corrected chi connectivity index (χ3v) is 5.98. The zero-order valence-electron chi connectivity index (χ0n) is 15.9. The van der Waals surface area contributed by atoms with Crippen LogP contribution >= 0.6 is 0 Å². The van der Waals surface area contributed by atoms with E-state index in [-0.39, 0.29) is 23.8 Å². The molecule has 0 spiro atoms. The lowest BCUT2D eigenvalue weighted by Gasteiger charge is -2.43. The first kappa shape index (κ1) is 18.9. The van der Waals surface area contributed by atoms with Gasteiger partial charge in [-0.2, -0.15) is 5.10 Å². The Morgan fingerprint density at radius 1 is 1.35 bits per heavy atom.